The van der Waals surface area contributed by atoms with Gasteiger partial charge in [0.15, 0.2) is 11.0 Å². The molecule has 3 aromatic carbocycles. The molecule has 1 spiro atoms. The summed E-state index contributed by atoms with van der Waals surface area (Å²) in [5.41, 5.74) is -3.51. The predicted octanol–water partition coefficient (Wildman–Crippen LogP) is 6.08. The topological polar surface area (TPSA) is 118 Å². The fourth-order valence-electron chi connectivity index (χ4n) is 5.87. The van der Waals surface area contributed by atoms with Gasteiger partial charge in [0.25, 0.3) is 5.91 Å². The maximum Gasteiger partial charge on any atom is 0.421 e. The van der Waals surface area contributed by atoms with Gasteiger partial charge >= 0.3 is 6.09 Å². The Hall–Kier alpha value is -4.21. The van der Waals surface area contributed by atoms with Gasteiger partial charge in [-0.25, -0.2) is 9.69 Å². The van der Waals surface area contributed by atoms with Gasteiger partial charge in [0.1, 0.15) is 5.60 Å². The standard InChI is InChI=1S/C30H25ClN4O4/c1-28(2,3)39-27(37)34-23-12-8-7-11-22(23)30(26(34)36)24(19-9-5-4-6-10-19)29(17-32,18-33)25(35(30)38)20-13-15-21(31)16-14-20/h4-16,24-25,38H,1-3H3/t24-,25-,30+/m1/s1. The highest BCUT2D eigenvalue weighted by molar-refractivity contribution is 6.30. The highest BCUT2D eigenvalue weighted by Crippen LogP contribution is 2.68. The summed E-state index contributed by atoms with van der Waals surface area (Å²) in [6.07, 6.45) is -0.925. The molecule has 2 aliphatic rings. The number of imide groups is 1. The number of carbonyl (C=O) groups excluding carboxylic acids is 2. The molecule has 0 bridgehead atoms. The molecule has 0 aromatic heterocycles. The molecule has 39 heavy (non-hydrogen) atoms. The minimum atomic E-state index is -2.01. The number of hydroxylamine groups is 2. The summed E-state index contributed by atoms with van der Waals surface area (Å²) in [6, 6.07) is 24.7. The van der Waals surface area contributed by atoms with Crippen molar-refractivity contribution in [3.63, 3.8) is 0 Å². The first kappa shape index (κ1) is 26.4. The number of benzene rings is 3. The van der Waals surface area contributed by atoms with Crippen LogP contribution in [0.5, 0.6) is 0 Å². The van der Waals surface area contributed by atoms with E-state index in [9.17, 15) is 25.3 Å². The zero-order valence-corrected chi connectivity index (χ0v) is 22.3. The Morgan fingerprint density at radius 2 is 1.54 bits per heavy atom. The lowest BCUT2D eigenvalue weighted by molar-refractivity contribution is -0.189. The first-order valence-electron chi connectivity index (χ1n) is 12.3. The van der Waals surface area contributed by atoms with Crippen LogP contribution in [0.1, 0.15) is 49.4 Å². The molecule has 3 aromatic rings. The number of carbonyl (C=O) groups is 2. The second-order valence-corrected chi connectivity index (χ2v) is 11.1. The fourth-order valence-corrected chi connectivity index (χ4v) is 5.99. The van der Waals surface area contributed by atoms with Gasteiger partial charge in [-0.2, -0.15) is 15.6 Å². The Kier molecular flexibility index (Phi) is 6.24. The SMILES string of the molecule is CC(C)(C)OC(=O)N1C(=O)[C@]2(c3ccccc31)[C@H](c1ccccc1)C(C#N)(C#N)[C@@H](c1ccc(Cl)cc1)N2O. The van der Waals surface area contributed by atoms with E-state index in [2.05, 4.69) is 12.1 Å². The molecule has 0 aliphatic carbocycles. The molecule has 1 N–H and O–H groups in total. The third kappa shape index (κ3) is 3.72. The number of amides is 2. The normalized spacial score (nSPS) is 23.8. The van der Waals surface area contributed by atoms with E-state index in [-0.39, 0.29) is 11.3 Å². The molecular formula is C30H25ClN4O4. The molecule has 5 rings (SSSR count). The Morgan fingerprint density at radius 1 is 0.949 bits per heavy atom. The number of para-hydroxylation sites is 1. The molecule has 2 heterocycles. The highest BCUT2D eigenvalue weighted by Gasteiger charge is 2.76. The number of fused-ring (bicyclic) bond motifs is 2. The Labute approximate surface area is 231 Å². The number of nitrogens with zero attached hydrogens (tertiary/aromatic N) is 4. The van der Waals surface area contributed by atoms with Crippen molar-refractivity contribution in [3.05, 3.63) is 101 Å². The van der Waals surface area contributed by atoms with Gasteiger partial charge in [-0.3, -0.25) is 4.79 Å². The van der Waals surface area contributed by atoms with E-state index in [1.807, 2.05) is 0 Å². The number of hydrogen-bond donors (Lipinski definition) is 1. The average molecular weight is 541 g/mol. The number of nitriles is 2. The van der Waals surface area contributed by atoms with E-state index >= 15 is 0 Å². The molecule has 8 nitrogen and oxygen atoms in total. The number of anilines is 1. The van der Waals surface area contributed by atoms with Crippen molar-refractivity contribution in [2.45, 2.75) is 43.9 Å². The quantitative estimate of drug-likeness (QED) is 0.418. The molecule has 0 saturated carbocycles. The first-order valence-corrected chi connectivity index (χ1v) is 12.7. The van der Waals surface area contributed by atoms with Crippen LogP contribution >= 0.6 is 11.6 Å². The fraction of sp³-hybridized carbons (Fsp3) is 0.267. The summed E-state index contributed by atoms with van der Waals surface area (Å²) < 4.78 is 5.58. The second-order valence-electron chi connectivity index (χ2n) is 10.6. The van der Waals surface area contributed by atoms with E-state index in [1.54, 1.807) is 99.6 Å². The van der Waals surface area contributed by atoms with Crippen LogP contribution in [-0.4, -0.2) is 27.9 Å². The van der Waals surface area contributed by atoms with Crippen LogP contribution in [0.25, 0.3) is 0 Å². The molecule has 9 heteroatoms. The average Bonchev–Trinajstić information content (AvgIpc) is 3.30. The Bertz CT molecular complexity index is 1520. The van der Waals surface area contributed by atoms with E-state index in [0.29, 0.717) is 16.1 Å². The van der Waals surface area contributed by atoms with Crippen LogP contribution in [0.2, 0.25) is 5.02 Å². The lowest BCUT2D eigenvalue weighted by Crippen LogP contribution is -2.53. The van der Waals surface area contributed by atoms with Crippen molar-refractivity contribution in [1.82, 2.24) is 5.06 Å². The first-order chi connectivity index (χ1) is 18.5. The van der Waals surface area contributed by atoms with Gasteiger partial charge in [0.2, 0.25) is 0 Å². The lowest BCUT2D eigenvalue weighted by atomic mass is 9.63. The summed E-state index contributed by atoms with van der Waals surface area (Å²) in [5.74, 6) is -2.02. The number of halogens is 1. The Morgan fingerprint density at radius 3 is 2.13 bits per heavy atom. The van der Waals surface area contributed by atoms with Crippen molar-refractivity contribution in [2.24, 2.45) is 5.41 Å². The molecular weight excluding hydrogens is 516 g/mol. The minimum Gasteiger partial charge on any atom is -0.443 e. The molecule has 3 atom stereocenters. The zero-order valence-electron chi connectivity index (χ0n) is 21.5. The van der Waals surface area contributed by atoms with E-state index < -0.39 is 40.5 Å². The molecule has 1 saturated heterocycles. The van der Waals surface area contributed by atoms with Crippen LogP contribution in [-0.2, 0) is 15.1 Å². The van der Waals surface area contributed by atoms with Gasteiger partial charge in [-0.15, -0.1) is 0 Å². The summed E-state index contributed by atoms with van der Waals surface area (Å²) in [6.45, 7) is 5.04. The molecule has 0 unspecified atom stereocenters. The molecule has 1 fully saturated rings. The minimum absolute atomic E-state index is 0.207. The molecule has 196 valence electrons. The van der Waals surface area contributed by atoms with E-state index in [1.165, 1.54) is 0 Å². The van der Waals surface area contributed by atoms with Crippen LogP contribution in [0, 0.1) is 28.1 Å². The molecule has 2 aliphatic heterocycles. The van der Waals surface area contributed by atoms with Crippen LogP contribution in [0.4, 0.5) is 10.5 Å². The van der Waals surface area contributed by atoms with Gasteiger partial charge in [0, 0.05) is 10.6 Å². The predicted molar refractivity (Wildman–Crippen MR) is 143 cm³/mol. The van der Waals surface area contributed by atoms with Gasteiger partial charge in [0.05, 0.1) is 29.8 Å². The summed E-state index contributed by atoms with van der Waals surface area (Å²) in [7, 11) is 0. The van der Waals surface area contributed by atoms with E-state index in [4.69, 9.17) is 16.3 Å². The highest BCUT2D eigenvalue weighted by atomic mass is 35.5. The van der Waals surface area contributed by atoms with Gasteiger partial charge in [-0.1, -0.05) is 72.3 Å². The Balaban J connectivity index is 1.85. The van der Waals surface area contributed by atoms with E-state index in [0.717, 1.165) is 9.96 Å². The third-order valence-corrected chi connectivity index (χ3v) is 7.51. The zero-order chi connectivity index (χ0) is 28.2. The lowest BCUT2D eigenvalue weighted by Gasteiger charge is -2.36. The summed E-state index contributed by atoms with van der Waals surface area (Å²) in [5, 5.41) is 34.8. The van der Waals surface area contributed by atoms with Crippen molar-refractivity contribution in [2.75, 3.05) is 4.90 Å². The van der Waals surface area contributed by atoms with Crippen LogP contribution in [0.15, 0.2) is 78.9 Å². The molecule has 0 radical (unpaired) electrons. The molecule has 2 amide bonds. The van der Waals surface area contributed by atoms with Crippen LogP contribution in [0.3, 0.4) is 0 Å². The maximum absolute atomic E-state index is 14.6. The smallest absolute Gasteiger partial charge is 0.421 e. The number of hydrogen-bond acceptors (Lipinski definition) is 7. The van der Waals surface area contributed by atoms with Crippen molar-refractivity contribution in [1.29, 1.82) is 10.5 Å². The van der Waals surface area contributed by atoms with Crippen molar-refractivity contribution >= 4 is 29.3 Å². The van der Waals surface area contributed by atoms with Gasteiger partial charge < -0.3 is 9.94 Å². The monoisotopic (exact) mass is 540 g/mol. The van der Waals surface area contributed by atoms with Crippen molar-refractivity contribution in [3.8, 4) is 12.1 Å². The summed E-state index contributed by atoms with van der Waals surface area (Å²) in [4.78, 5) is 29.0. The number of ether oxygens (including phenoxy) is 1. The van der Waals surface area contributed by atoms with Crippen molar-refractivity contribution < 1.29 is 19.5 Å². The second kappa shape index (κ2) is 9.21. The third-order valence-electron chi connectivity index (χ3n) is 7.26. The maximum atomic E-state index is 14.6. The van der Waals surface area contributed by atoms with Gasteiger partial charge in [-0.05, 0) is 50.1 Å². The largest absolute Gasteiger partial charge is 0.443 e. The summed E-state index contributed by atoms with van der Waals surface area (Å²) >= 11 is 6.12. The van der Waals surface area contributed by atoms with Crippen LogP contribution < -0.4 is 4.90 Å². The number of rotatable bonds is 2.